The molecule has 0 radical (unpaired) electrons. The highest BCUT2D eigenvalue weighted by Crippen LogP contribution is 2.16. The second kappa shape index (κ2) is 7.83. The minimum Gasteiger partial charge on any atom is -0.497 e. The van der Waals surface area contributed by atoms with Crippen molar-refractivity contribution >= 4 is 17.8 Å². The van der Waals surface area contributed by atoms with E-state index in [9.17, 15) is 4.79 Å². The Hall–Kier alpha value is -2.82. The quantitative estimate of drug-likeness (QED) is 0.659. The fourth-order valence-corrected chi connectivity index (χ4v) is 1.74. The van der Waals surface area contributed by atoms with Gasteiger partial charge in [-0.2, -0.15) is 0 Å². The number of carbonyl (C=O) groups excluding carboxylic acids is 1. The summed E-state index contributed by atoms with van der Waals surface area (Å²) in [4.78, 5) is 16.7. The molecule has 0 fully saturated rings. The van der Waals surface area contributed by atoms with Crippen molar-refractivity contribution < 1.29 is 14.4 Å². The molecule has 0 aromatic heterocycles. The van der Waals surface area contributed by atoms with E-state index in [1.54, 1.807) is 37.6 Å². The van der Waals surface area contributed by atoms with E-state index < -0.39 is 0 Å². The first kappa shape index (κ1) is 15.6. The molecule has 0 bridgehead atoms. The number of hydrogen-bond acceptors (Lipinski definition) is 4. The monoisotopic (exact) mass is 298 g/mol. The topological polar surface area (TPSA) is 59.9 Å². The summed E-state index contributed by atoms with van der Waals surface area (Å²) in [6.07, 6.45) is 1.57. The van der Waals surface area contributed by atoms with Crippen LogP contribution in [0, 0.1) is 6.92 Å². The average molecular weight is 298 g/mol. The minimum atomic E-state index is -0.283. The van der Waals surface area contributed by atoms with E-state index in [4.69, 9.17) is 9.57 Å². The summed E-state index contributed by atoms with van der Waals surface area (Å²) in [5.74, 6) is 0.394. The lowest BCUT2D eigenvalue weighted by molar-refractivity contribution is -0.120. The molecule has 0 saturated carbocycles. The highest BCUT2D eigenvalue weighted by molar-refractivity contribution is 5.91. The van der Waals surface area contributed by atoms with E-state index in [1.165, 1.54) is 5.56 Å². The molecule has 2 rings (SSSR count). The van der Waals surface area contributed by atoms with E-state index in [-0.39, 0.29) is 12.5 Å². The fraction of sp³-hybridized carbons (Fsp3) is 0.176. The number of amides is 1. The number of hydrogen-bond donors (Lipinski definition) is 1. The van der Waals surface area contributed by atoms with Crippen LogP contribution < -0.4 is 10.1 Å². The summed E-state index contributed by atoms with van der Waals surface area (Å²) in [6.45, 7) is 1.86. The molecule has 0 atom stereocenters. The lowest BCUT2D eigenvalue weighted by Crippen LogP contribution is -2.16. The molecule has 114 valence electrons. The summed E-state index contributed by atoms with van der Waals surface area (Å²) in [6, 6.07) is 14.9. The van der Waals surface area contributed by atoms with Crippen LogP contribution in [0.5, 0.6) is 5.75 Å². The Labute approximate surface area is 129 Å². The number of oxime groups is 1. The number of methoxy groups -OCH3 is 1. The van der Waals surface area contributed by atoms with Crippen molar-refractivity contribution in [2.75, 3.05) is 19.0 Å². The maximum Gasteiger partial charge on any atom is 0.265 e. The van der Waals surface area contributed by atoms with Crippen molar-refractivity contribution in [3.63, 3.8) is 0 Å². The van der Waals surface area contributed by atoms with Gasteiger partial charge in [0.2, 0.25) is 0 Å². The molecule has 2 aromatic carbocycles. The summed E-state index contributed by atoms with van der Waals surface area (Å²) in [5.41, 5.74) is 2.74. The van der Waals surface area contributed by atoms with Gasteiger partial charge < -0.3 is 14.9 Å². The number of nitrogens with zero attached hydrogens (tertiary/aromatic N) is 1. The molecule has 0 spiro atoms. The smallest absolute Gasteiger partial charge is 0.265 e. The van der Waals surface area contributed by atoms with Crippen LogP contribution in [0.4, 0.5) is 5.69 Å². The van der Waals surface area contributed by atoms with Gasteiger partial charge in [0.15, 0.2) is 6.61 Å². The first-order valence-electron chi connectivity index (χ1n) is 6.83. The van der Waals surface area contributed by atoms with Gasteiger partial charge in [-0.3, -0.25) is 4.79 Å². The van der Waals surface area contributed by atoms with Gasteiger partial charge in [0, 0.05) is 11.8 Å². The maximum absolute atomic E-state index is 11.7. The van der Waals surface area contributed by atoms with Crippen LogP contribution in [0.2, 0.25) is 0 Å². The third kappa shape index (κ3) is 4.94. The van der Waals surface area contributed by atoms with E-state index >= 15 is 0 Å². The van der Waals surface area contributed by atoms with Gasteiger partial charge in [-0.25, -0.2) is 0 Å². The first-order chi connectivity index (χ1) is 10.7. The highest BCUT2D eigenvalue weighted by atomic mass is 16.6. The van der Waals surface area contributed by atoms with Crippen molar-refractivity contribution in [2.24, 2.45) is 5.16 Å². The molecule has 0 aliphatic heterocycles. The molecule has 1 amide bonds. The molecule has 2 aromatic rings. The summed E-state index contributed by atoms with van der Waals surface area (Å²) < 4.78 is 5.09. The fourth-order valence-electron chi connectivity index (χ4n) is 1.74. The molecule has 5 heteroatoms. The Kier molecular flexibility index (Phi) is 5.54. The number of rotatable bonds is 6. The number of benzene rings is 2. The lowest BCUT2D eigenvalue weighted by Gasteiger charge is -2.06. The molecular weight excluding hydrogens is 280 g/mol. The molecule has 0 heterocycles. The zero-order valence-corrected chi connectivity index (χ0v) is 12.6. The van der Waals surface area contributed by atoms with Crippen molar-refractivity contribution in [1.82, 2.24) is 0 Å². The van der Waals surface area contributed by atoms with Gasteiger partial charge >= 0.3 is 0 Å². The van der Waals surface area contributed by atoms with Crippen LogP contribution in [0.15, 0.2) is 53.7 Å². The predicted octanol–water partition coefficient (Wildman–Crippen LogP) is 2.99. The Bertz CT molecular complexity index is 651. The number of carbonyl (C=O) groups is 1. The molecule has 22 heavy (non-hydrogen) atoms. The maximum atomic E-state index is 11.7. The standard InChI is InChI=1S/C17H18N2O3/c1-13-6-8-14(9-7-13)11-18-22-12-17(20)19-15-4-3-5-16(10-15)21-2/h3-11H,12H2,1-2H3,(H,19,20)/b18-11-. The Balaban J connectivity index is 1.78. The van der Waals surface area contributed by atoms with Crippen LogP contribution in [-0.2, 0) is 9.63 Å². The Morgan fingerprint density at radius 1 is 1.23 bits per heavy atom. The van der Waals surface area contributed by atoms with Gasteiger partial charge in [-0.05, 0) is 24.6 Å². The second-order valence-corrected chi connectivity index (χ2v) is 4.70. The molecule has 0 saturated heterocycles. The van der Waals surface area contributed by atoms with Gasteiger partial charge in [0.25, 0.3) is 5.91 Å². The second-order valence-electron chi connectivity index (χ2n) is 4.70. The van der Waals surface area contributed by atoms with Gasteiger partial charge in [0.05, 0.1) is 13.3 Å². The van der Waals surface area contributed by atoms with E-state index in [2.05, 4.69) is 10.5 Å². The molecule has 0 aliphatic rings. The average Bonchev–Trinajstić information content (AvgIpc) is 2.53. The van der Waals surface area contributed by atoms with Crippen molar-refractivity contribution in [3.05, 3.63) is 59.7 Å². The van der Waals surface area contributed by atoms with Gasteiger partial charge in [-0.15, -0.1) is 0 Å². The molecule has 0 aliphatic carbocycles. The first-order valence-corrected chi connectivity index (χ1v) is 6.83. The molecular formula is C17H18N2O3. The number of nitrogens with one attached hydrogen (secondary N) is 1. The number of anilines is 1. The largest absolute Gasteiger partial charge is 0.497 e. The predicted molar refractivity (Wildman–Crippen MR) is 86.3 cm³/mol. The molecule has 5 nitrogen and oxygen atoms in total. The van der Waals surface area contributed by atoms with Crippen LogP contribution in [0.1, 0.15) is 11.1 Å². The third-order valence-corrected chi connectivity index (χ3v) is 2.90. The van der Waals surface area contributed by atoms with Crippen LogP contribution in [0.25, 0.3) is 0 Å². The highest BCUT2D eigenvalue weighted by Gasteiger charge is 2.03. The van der Waals surface area contributed by atoms with Crippen molar-refractivity contribution in [3.8, 4) is 5.75 Å². The van der Waals surface area contributed by atoms with Crippen molar-refractivity contribution in [2.45, 2.75) is 6.92 Å². The van der Waals surface area contributed by atoms with Gasteiger partial charge in [0.1, 0.15) is 5.75 Å². The van der Waals surface area contributed by atoms with E-state index in [0.717, 1.165) is 5.56 Å². The Morgan fingerprint density at radius 3 is 2.73 bits per heavy atom. The van der Waals surface area contributed by atoms with E-state index in [1.807, 2.05) is 31.2 Å². The minimum absolute atomic E-state index is 0.153. The van der Waals surface area contributed by atoms with E-state index in [0.29, 0.717) is 11.4 Å². The zero-order chi connectivity index (χ0) is 15.8. The zero-order valence-electron chi connectivity index (χ0n) is 12.6. The summed E-state index contributed by atoms with van der Waals surface area (Å²) in [7, 11) is 1.57. The normalized spacial score (nSPS) is 10.5. The molecule has 0 unspecified atom stereocenters. The SMILES string of the molecule is COc1cccc(NC(=O)CO/N=C\c2ccc(C)cc2)c1. The molecule has 1 N–H and O–H groups in total. The summed E-state index contributed by atoms with van der Waals surface area (Å²) in [5, 5.41) is 6.48. The Morgan fingerprint density at radius 2 is 2.00 bits per heavy atom. The van der Waals surface area contributed by atoms with Crippen molar-refractivity contribution in [1.29, 1.82) is 0 Å². The number of ether oxygens (including phenoxy) is 1. The van der Waals surface area contributed by atoms with Crippen LogP contribution in [0.3, 0.4) is 0 Å². The summed E-state index contributed by atoms with van der Waals surface area (Å²) >= 11 is 0. The number of aryl methyl sites for hydroxylation is 1. The van der Waals surface area contributed by atoms with Crippen LogP contribution >= 0.6 is 0 Å². The third-order valence-electron chi connectivity index (χ3n) is 2.90. The van der Waals surface area contributed by atoms with Crippen LogP contribution in [-0.4, -0.2) is 25.8 Å². The van der Waals surface area contributed by atoms with Gasteiger partial charge in [-0.1, -0.05) is 41.1 Å². The lowest BCUT2D eigenvalue weighted by atomic mass is 10.2.